The first-order chi connectivity index (χ1) is 19.4. The molecule has 0 unspecified atom stereocenters. The van der Waals surface area contributed by atoms with Crippen LogP contribution in [0.4, 0.5) is 5.69 Å². The van der Waals surface area contributed by atoms with Gasteiger partial charge in [0.05, 0.1) is 17.7 Å². The molecule has 198 valence electrons. The van der Waals surface area contributed by atoms with Crippen LogP contribution in [-0.2, 0) is 4.74 Å². The van der Waals surface area contributed by atoms with Gasteiger partial charge in [-0.2, -0.15) is 5.10 Å². The minimum absolute atomic E-state index is 0.141. The fraction of sp³-hybridized carbons (Fsp3) is 0.0645. The molecule has 5 rings (SSSR count). The Hall–Kier alpha value is -5.57. The van der Waals surface area contributed by atoms with Crippen molar-refractivity contribution in [1.82, 2.24) is 9.78 Å². The maximum Gasteiger partial charge on any atom is 0.343 e. The molecule has 9 nitrogen and oxygen atoms in total. The summed E-state index contributed by atoms with van der Waals surface area (Å²) < 4.78 is 12.7. The Labute approximate surface area is 229 Å². The highest BCUT2D eigenvalue weighted by molar-refractivity contribution is 6.03. The monoisotopic (exact) mass is 533 g/mol. The summed E-state index contributed by atoms with van der Waals surface area (Å²) in [5.74, 6) is -0.605. The molecule has 5 aromatic rings. The largest absolute Gasteiger partial charge is 0.497 e. The van der Waals surface area contributed by atoms with Gasteiger partial charge in [0.25, 0.3) is 5.69 Å². The second kappa shape index (κ2) is 11.4. The topological polar surface area (TPSA) is 114 Å². The summed E-state index contributed by atoms with van der Waals surface area (Å²) in [6.07, 6.45) is 0.205. The lowest BCUT2D eigenvalue weighted by Crippen LogP contribution is -2.20. The third-order valence-electron chi connectivity index (χ3n) is 6.25. The molecule has 1 heterocycles. The average molecular weight is 534 g/mol. The quantitative estimate of drug-likeness (QED) is 0.0954. The number of benzene rings is 4. The van der Waals surface area contributed by atoms with Gasteiger partial charge in [-0.15, -0.1) is 0 Å². The first kappa shape index (κ1) is 26.1. The number of rotatable bonds is 9. The summed E-state index contributed by atoms with van der Waals surface area (Å²) in [4.78, 5) is 37.9. The van der Waals surface area contributed by atoms with Gasteiger partial charge in [-0.05, 0) is 48.5 Å². The molecule has 9 heteroatoms. The van der Waals surface area contributed by atoms with Crippen molar-refractivity contribution >= 4 is 17.4 Å². The van der Waals surface area contributed by atoms with E-state index in [1.54, 1.807) is 72.6 Å². The number of nitro groups is 1. The van der Waals surface area contributed by atoms with E-state index in [2.05, 4.69) is 5.10 Å². The van der Waals surface area contributed by atoms with Gasteiger partial charge >= 0.3 is 5.97 Å². The van der Waals surface area contributed by atoms with Crippen LogP contribution in [0.1, 0.15) is 32.4 Å². The van der Waals surface area contributed by atoms with E-state index in [4.69, 9.17) is 9.47 Å². The highest BCUT2D eigenvalue weighted by Gasteiger charge is 2.30. The molecule has 0 saturated heterocycles. The SMILES string of the molecule is COc1ccc(-c2nn(-c3ccccc3)cc2C(=O)O[C@@H](C(=O)c2ccccc2)c2ccc([N+](=O)[O-])cc2)cc1. The second-order valence-electron chi connectivity index (χ2n) is 8.76. The molecular weight excluding hydrogens is 510 g/mol. The van der Waals surface area contributed by atoms with Gasteiger partial charge in [0.1, 0.15) is 17.0 Å². The van der Waals surface area contributed by atoms with E-state index in [-0.39, 0.29) is 11.3 Å². The van der Waals surface area contributed by atoms with Crippen molar-refractivity contribution in [1.29, 1.82) is 0 Å². The molecule has 0 spiro atoms. The Morgan fingerprint density at radius 2 is 1.48 bits per heavy atom. The van der Waals surface area contributed by atoms with Crippen molar-refractivity contribution in [3.8, 4) is 22.7 Å². The molecule has 1 atom stereocenters. The molecule has 0 bridgehead atoms. The number of hydrogen-bond acceptors (Lipinski definition) is 7. The van der Waals surface area contributed by atoms with Crippen LogP contribution in [0.3, 0.4) is 0 Å². The summed E-state index contributed by atoms with van der Waals surface area (Å²) in [7, 11) is 1.56. The molecule has 0 saturated carbocycles. The summed E-state index contributed by atoms with van der Waals surface area (Å²) in [5.41, 5.74) is 2.34. The predicted molar refractivity (Wildman–Crippen MR) is 148 cm³/mol. The van der Waals surface area contributed by atoms with Gasteiger partial charge in [0, 0.05) is 35.0 Å². The summed E-state index contributed by atoms with van der Waals surface area (Å²) >= 11 is 0. The fourth-order valence-corrected chi connectivity index (χ4v) is 4.17. The first-order valence-corrected chi connectivity index (χ1v) is 12.3. The number of nitro benzene ring substituents is 1. The van der Waals surface area contributed by atoms with Crippen molar-refractivity contribution in [2.75, 3.05) is 7.11 Å². The van der Waals surface area contributed by atoms with Gasteiger partial charge in [-0.1, -0.05) is 48.5 Å². The Morgan fingerprint density at radius 1 is 0.850 bits per heavy atom. The van der Waals surface area contributed by atoms with Crippen molar-refractivity contribution in [3.63, 3.8) is 0 Å². The van der Waals surface area contributed by atoms with Crippen molar-refractivity contribution in [2.45, 2.75) is 6.10 Å². The molecule has 0 amide bonds. The predicted octanol–water partition coefficient (Wildman–Crippen LogP) is 6.24. The summed E-state index contributed by atoms with van der Waals surface area (Å²) in [6, 6.07) is 30.1. The number of Topliss-reactive ketones (excluding diaryl/α,β-unsaturated/α-hetero) is 1. The van der Waals surface area contributed by atoms with E-state index in [9.17, 15) is 19.7 Å². The number of ether oxygens (including phenoxy) is 2. The highest BCUT2D eigenvalue weighted by atomic mass is 16.6. The minimum atomic E-state index is -1.35. The summed E-state index contributed by atoms with van der Waals surface area (Å²) in [6.45, 7) is 0. The maximum absolute atomic E-state index is 13.7. The van der Waals surface area contributed by atoms with Crippen LogP contribution < -0.4 is 4.74 Å². The zero-order chi connectivity index (χ0) is 28.1. The van der Waals surface area contributed by atoms with E-state index in [0.29, 0.717) is 28.1 Å². The number of non-ortho nitro benzene ring substituents is 1. The molecule has 0 N–H and O–H groups in total. The number of para-hydroxylation sites is 1. The second-order valence-corrected chi connectivity index (χ2v) is 8.76. The Balaban J connectivity index is 1.56. The Bertz CT molecular complexity index is 1650. The number of aromatic nitrogens is 2. The van der Waals surface area contributed by atoms with Gasteiger partial charge in [0.2, 0.25) is 5.78 Å². The summed E-state index contributed by atoms with van der Waals surface area (Å²) in [5, 5.41) is 15.8. The number of hydrogen-bond donors (Lipinski definition) is 0. The standard InChI is InChI=1S/C31H23N3O6/c1-39-26-18-14-21(15-19-26)28-27(20-33(32-28)24-10-6-3-7-11-24)31(36)40-30(29(35)22-8-4-2-5-9-22)23-12-16-25(17-13-23)34(37)38/h2-20,30H,1H3/t30-/m1/s1. The number of methoxy groups -OCH3 is 1. The third kappa shape index (κ3) is 5.48. The number of nitrogens with zero attached hydrogens (tertiary/aromatic N) is 3. The first-order valence-electron chi connectivity index (χ1n) is 12.3. The van der Waals surface area contributed by atoms with Crippen LogP contribution in [0, 0.1) is 10.1 Å². The van der Waals surface area contributed by atoms with E-state index in [0.717, 1.165) is 5.69 Å². The van der Waals surface area contributed by atoms with E-state index < -0.39 is 22.8 Å². The zero-order valence-electron chi connectivity index (χ0n) is 21.3. The Kier molecular flexibility index (Phi) is 7.45. The van der Waals surface area contributed by atoms with Crippen LogP contribution in [-0.4, -0.2) is 33.6 Å². The molecule has 0 aliphatic heterocycles. The number of esters is 1. The average Bonchev–Trinajstić information content (AvgIpc) is 3.46. The fourth-order valence-electron chi connectivity index (χ4n) is 4.17. The van der Waals surface area contributed by atoms with Crippen LogP contribution in [0.15, 0.2) is 115 Å². The molecule has 0 aliphatic carbocycles. The maximum atomic E-state index is 13.7. The lowest BCUT2D eigenvalue weighted by Gasteiger charge is -2.17. The number of carbonyl (C=O) groups is 2. The molecule has 0 fully saturated rings. The van der Waals surface area contributed by atoms with Crippen molar-refractivity contribution in [2.24, 2.45) is 0 Å². The molecule has 0 aliphatic rings. The van der Waals surface area contributed by atoms with Crippen molar-refractivity contribution < 1.29 is 24.0 Å². The van der Waals surface area contributed by atoms with E-state index in [1.165, 1.54) is 24.3 Å². The normalized spacial score (nSPS) is 11.4. The lowest BCUT2D eigenvalue weighted by molar-refractivity contribution is -0.384. The number of ketones is 1. The van der Waals surface area contributed by atoms with Crippen LogP contribution in [0.25, 0.3) is 16.9 Å². The van der Waals surface area contributed by atoms with E-state index >= 15 is 0 Å². The molecular formula is C31H23N3O6. The zero-order valence-corrected chi connectivity index (χ0v) is 21.3. The smallest absolute Gasteiger partial charge is 0.343 e. The third-order valence-corrected chi connectivity index (χ3v) is 6.25. The van der Waals surface area contributed by atoms with Crippen LogP contribution >= 0.6 is 0 Å². The molecule has 1 aromatic heterocycles. The number of carbonyl (C=O) groups excluding carboxylic acids is 2. The molecule has 40 heavy (non-hydrogen) atoms. The van der Waals surface area contributed by atoms with Crippen LogP contribution in [0.2, 0.25) is 0 Å². The van der Waals surface area contributed by atoms with Crippen molar-refractivity contribution in [3.05, 3.63) is 142 Å². The lowest BCUT2D eigenvalue weighted by atomic mass is 9.99. The van der Waals surface area contributed by atoms with E-state index in [1.807, 2.05) is 30.3 Å². The Morgan fingerprint density at radius 3 is 2.08 bits per heavy atom. The van der Waals surface area contributed by atoms with Crippen LogP contribution in [0.5, 0.6) is 5.75 Å². The van der Waals surface area contributed by atoms with Gasteiger partial charge in [-0.25, -0.2) is 9.48 Å². The molecule has 4 aromatic carbocycles. The molecule has 0 radical (unpaired) electrons. The van der Waals surface area contributed by atoms with Gasteiger partial charge in [-0.3, -0.25) is 14.9 Å². The van der Waals surface area contributed by atoms with Gasteiger partial charge in [0.15, 0.2) is 6.10 Å². The van der Waals surface area contributed by atoms with Gasteiger partial charge < -0.3 is 9.47 Å². The minimum Gasteiger partial charge on any atom is -0.497 e. The highest BCUT2D eigenvalue weighted by Crippen LogP contribution is 2.30.